The van der Waals surface area contributed by atoms with Gasteiger partial charge >= 0.3 is 0 Å². The first-order valence-electron chi connectivity index (χ1n) is 6.11. The Kier molecular flexibility index (Phi) is 5.49. The standard InChI is InChI=1S/C13H22N2O3S/c1-11(10-16)15(4)9-12-6-5-7-13(8-12)19(17,18)14(2)3/h5-8,11,16H,9-10H2,1-4H3. The molecule has 108 valence electrons. The number of aliphatic hydroxyl groups excluding tert-OH is 1. The van der Waals surface area contributed by atoms with Crippen molar-refractivity contribution in [2.45, 2.75) is 24.4 Å². The molecule has 0 aliphatic rings. The summed E-state index contributed by atoms with van der Waals surface area (Å²) in [5.41, 5.74) is 0.908. The summed E-state index contributed by atoms with van der Waals surface area (Å²) in [5.74, 6) is 0. The number of likely N-dealkylation sites (N-methyl/N-ethyl adjacent to an activating group) is 1. The van der Waals surface area contributed by atoms with Gasteiger partial charge in [0.1, 0.15) is 0 Å². The molecule has 1 atom stereocenters. The third kappa shape index (κ3) is 4.01. The Bertz CT molecular complexity index is 514. The van der Waals surface area contributed by atoms with Crippen LogP contribution in [0.3, 0.4) is 0 Å². The SMILES string of the molecule is CC(CO)N(C)Cc1cccc(S(=O)(=O)N(C)C)c1. The second kappa shape index (κ2) is 6.47. The minimum absolute atomic E-state index is 0.0362. The van der Waals surface area contributed by atoms with Crippen molar-refractivity contribution in [2.24, 2.45) is 0 Å². The van der Waals surface area contributed by atoms with Gasteiger partial charge in [-0.3, -0.25) is 4.90 Å². The van der Waals surface area contributed by atoms with E-state index in [1.807, 2.05) is 24.9 Å². The first-order valence-corrected chi connectivity index (χ1v) is 7.55. The molecule has 0 amide bonds. The lowest BCUT2D eigenvalue weighted by Gasteiger charge is -2.23. The Hall–Kier alpha value is -0.950. The number of hydrogen-bond acceptors (Lipinski definition) is 4. The van der Waals surface area contributed by atoms with Gasteiger partial charge in [-0.05, 0) is 31.7 Å². The van der Waals surface area contributed by atoms with Crippen LogP contribution >= 0.6 is 0 Å². The van der Waals surface area contributed by atoms with Gasteiger partial charge in [0, 0.05) is 26.7 Å². The summed E-state index contributed by atoms with van der Waals surface area (Å²) >= 11 is 0. The Balaban J connectivity index is 2.96. The monoisotopic (exact) mass is 286 g/mol. The van der Waals surface area contributed by atoms with Crippen molar-refractivity contribution < 1.29 is 13.5 Å². The van der Waals surface area contributed by atoms with Crippen LogP contribution in [-0.2, 0) is 16.6 Å². The second-order valence-electron chi connectivity index (χ2n) is 4.88. The number of aliphatic hydroxyl groups is 1. The van der Waals surface area contributed by atoms with Crippen LogP contribution in [0.2, 0.25) is 0 Å². The van der Waals surface area contributed by atoms with E-state index in [9.17, 15) is 8.42 Å². The molecule has 0 saturated carbocycles. The predicted octanol–water partition coefficient (Wildman–Crippen LogP) is 0.749. The van der Waals surface area contributed by atoms with Gasteiger partial charge in [0.25, 0.3) is 0 Å². The maximum Gasteiger partial charge on any atom is 0.242 e. The van der Waals surface area contributed by atoms with Crippen molar-refractivity contribution in [3.8, 4) is 0 Å². The minimum Gasteiger partial charge on any atom is -0.395 e. The lowest BCUT2D eigenvalue weighted by molar-refractivity contribution is 0.154. The number of nitrogens with zero attached hydrogens (tertiary/aromatic N) is 2. The molecule has 5 nitrogen and oxygen atoms in total. The van der Waals surface area contributed by atoms with E-state index in [0.717, 1.165) is 5.56 Å². The molecule has 6 heteroatoms. The molecule has 1 rings (SSSR count). The van der Waals surface area contributed by atoms with Crippen molar-refractivity contribution in [2.75, 3.05) is 27.7 Å². The fourth-order valence-electron chi connectivity index (χ4n) is 1.60. The molecule has 0 heterocycles. The third-order valence-corrected chi connectivity index (χ3v) is 4.94. The maximum atomic E-state index is 12.0. The zero-order valence-electron chi connectivity index (χ0n) is 11.9. The fourth-order valence-corrected chi connectivity index (χ4v) is 2.57. The van der Waals surface area contributed by atoms with Gasteiger partial charge in [0.2, 0.25) is 10.0 Å². The van der Waals surface area contributed by atoms with Gasteiger partial charge in [-0.25, -0.2) is 12.7 Å². The predicted molar refractivity (Wildman–Crippen MR) is 75.3 cm³/mol. The number of sulfonamides is 1. The summed E-state index contributed by atoms with van der Waals surface area (Å²) < 4.78 is 25.3. The molecule has 0 fully saturated rings. The van der Waals surface area contributed by atoms with Crippen molar-refractivity contribution in [1.82, 2.24) is 9.21 Å². The summed E-state index contributed by atoms with van der Waals surface area (Å²) in [6, 6.07) is 6.93. The molecule has 0 aromatic heterocycles. The molecule has 0 aliphatic heterocycles. The lowest BCUT2D eigenvalue weighted by atomic mass is 10.2. The second-order valence-corrected chi connectivity index (χ2v) is 7.03. The molecule has 0 saturated heterocycles. The summed E-state index contributed by atoms with van der Waals surface area (Å²) in [7, 11) is 1.53. The quantitative estimate of drug-likeness (QED) is 0.838. The highest BCUT2D eigenvalue weighted by Crippen LogP contribution is 2.16. The van der Waals surface area contributed by atoms with E-state index in [1.165, 1.54) is 18.4 Å². The molecule has 0 aliphatic carbocycles. The van der Waals surface area contributed by atoms with Crippen LogP contribution in [-0.4, -0.2) is 56.5 Å². The number of rotatable bonds is 6. The first-order chi connectivity index (χ1) is 8.78. The van der Waals surface area contributed by atoms with Crippen LogP contribution in [0.4, 0.5) is 0 Å². The molecule has 1 unspecified atom stereocenters. The van der Waals surface area contributed by atoms with Crippen LogP contribution in [0.1, 0.15) is 12.5 Å². The van der Waals surface area contributed by atoms with Gasteiger partial charge in [-0.1, -0.05) is 12.1 Å². The Morgan fingerprint density at radius 1 is 1.26 bits per heavy atom. The third-order valence-electron chi connectivity index (χ3n) is 3.13. The molecule has 1 aromatic rings. The van der Waals surface area contributed by atoms with Crippen molar-refractivity contribution in [3.63, 3.8) is 0 Å². The largest absolute Gasteiger partial charge is 0.395 e. The lowest BCUT2D eigenvalue weighted by Crippen LogP contribution is -2.31. The van der Waals surface area contributed by atoms with E-state index in [2.05, 4.69) is 0 Å². The number of hydrogen-bond donors (Lipinski definition) is 1. The summed E-state index contributed by atoms with van der Waals surface area (Å²) in [4.78, 5) is 2.27. The van der Waals surface area contributed by atoms with E-state index >= 15 is 0 Å². The molecule has 19 heavy (non-hydrogen) atoms. The minimum atomic E-state index is -3.40. The topological polar surface area (TPSA) is 60.9 Å². The molecular weight excluding hydrogens is 264 g/mol. The molecular formula is C13H22N2O3S. The molecule has 0 radical (unpaired) electrons. The van der Waals surface area contributed by atoms with Gasteiger partial charge in [-0.2, -0.15) is 0 Å². The molecule has 1 aromatic carbocycles. The average Bonchev–Trinajstić information content (AvgIpc) is 2.37. The van der Waals surface area contributed by atoms with Gasteiger partial charge in [0.15, 0.2) is 0 Å². The summed E-state index contributed by atoms with van der Waals surface area (Å²) in [6.45, 7) is 2.59. The average molecular weight is 286 g/mol. The smallest absolute Gasteiger partial charge is 0.242 e. The Morgan fingerprint density at radius 2 is 1.89 bits per heavy atom. The van der Waals surface area contributed by atoms with Crippen LogP contribution in [0, 0.1) is 0 Å². The molecule has 0 bridgehead atoms. The highest BCUT2D eigenvalue weighted by atomic mass is 32.2. The highest BCUT2D eigenvalue weighted by molar-refractivity contribution is 7.89. The summed E-state index contributed by atoms with van der Waals surface area (Å²) in [5, 5.41) is 9.10. The van der Waals surface area contributed by atoms with Crippen molar-refractivity contribution in [1.29, 1.82) is 0 Å². The van der Waals surface area contributed by atoms with Gasteiger partial charge in [0.05, 0.1) is 11.5 Å². The molecule has 1 N–H and O–H groups in total. The summed E-state index contributed by atoms with van der Waals surface area (Å²) in [6.07, 6.45) is 0. The van der Waals surface area contributed by atoms with Crippen LogP contribution in [0.15, 0.2) is 29.2 Å². The maximum absolute atomic E-state index is 12.0. The van der Waals surface area contributed by atoms with E-state index in [1.54, 1.807) is 18.2 Å². The van der Waals surface area contributed by atoms with E-state index in [0.29, 0.717) is 11.4 Å². The zero-order valence-corrected chi connectivity index (χ0v) is 12.7. The normalized spacial score (nSPS) is 14.1. The number of benzene rings is 1. The van der Waals surface area contributed by atoms with Crippen LogP contribution in [0.5, 0.6) is 0 Å². The Labute approximate surface area is 115 Å². The van der Waals surface area contributed by atoms with Gasteiger partial charge in [-0.15, -0.1) is 0 Å². The Morgan fingerprint density at radius 3 is 2.42 bits per heavy atom. The van der Waals surface area contributed by atoms with Crippen molar-refractivity contribution >= 4 is 10.0 Å². The van der Waals surface area contributed by atoms with Gasteiger partial charge < -0.3 is 5.11 Å². The first kappa shape index (κ1) is 16.1. The highest BCUT2D eigenvalue weighted by Gasteiger charge is 2.17. The van der Waals surface area contributed by atoms with Crippen LogP contribution in [0.25, 0.3) is 0 Å². The zero-order chi connectivity index (χ0) is 14.6. The van der Waals surface area contributed by atoms with E-state index in [-0.39, 0.29) is 12.6 Å². The van der Waals surface area contributed by atoms with E-state index < -0.39 is 10.0 Å². The molecule has 0 spiro atoms. The van der Waals surface area contributed by atoms with E-state index in [4.69, 9.17) is 5.11 Å². The van der Waals surface area contributed by atoms with Crippen LogP contribution < -0.4 is 0 Å². The fraction of sp³-hybridized carbons (Fsp3) is 0.538. The van der Waals surface area contributed by atoms with Crippen molar-refractivity contribution in [3.05, 3.63) is 29.8 Å².